The van der Waals surface area contributed by atoms with E-state index < -0.39 is 23.6 Å². The number of aliphatic hydroxyl groups excluding tert-OH is 1. The molecule has 2 aromatic rings. The molecule has 0 aromatic heterocycles. The van der Waals surface area contributed by atoms with Gasteiger partial charge >= 0.3 is 5.97 Å². The van der Waals surface area contributed by atoms with Crippen molar-refractivity contribution in [2.45, 2.75) is 25.5 Å². The quantitative estimate of drug-likeness (QED) is 0.476. The maximum Gasteiger partial charge on any atom is 0.339 e. The molecule has 7 heteroatoms. The first-order chi connectivity index (χ1) is 12.9. The Balaban J connectivity index is 1.89. The number of anilines is 1. The number of phenols is 1. The fraction of sp³-hybridized carbons (Fsp3) is 0.200. The van der Waals surface area contributed by atoms with E-state index in [0.29, 0.717) is 6.42 Å². The van der Waals surface area contributed by atoms with E-state index in [9.17, 15) is 19.8 Å². The molecular formula is C20H20N2O5. The zero-order valence-electron chi connectivity index (χ0n) is 14.6. The molecule has 0 aliphatic heterocycles. The summed E-state index contributed by atoms with van der Waals surface area (Å²) in [5.74, 6) is -2.19. The third-order valence-corrected chi connectivity index (χ3v) is 4.50. The van der Waals surface area contributed by atoms with Gasteiger partial charge in [0.2, 0.25) is 5.78 Å². The minimum atomic E-state index is -1.35. The monoisotopic (exact) mass is 368 g/mol. The molecule has 0 saturated heterocycles. The van der Waals surface area contributed by atoms with Crippen molar-refractivity contribution in [1.29, 1.82) is 0 Å². The van der Waals surface area contributed by atoms with Crippen LogP contribution < -0.4 is 10.6 Å². The molecule has 1 unspecified atom stereocenters. The lowest BCUT2D eigenvalue weighted by molar-refractivity contribution is -0.125. The summed E-state index contributed by atoms with van der Waals surface area (Å²) in [6.07, 6.45) is -0.641. The summed E-state index contributed by atoms with van der Waals surface area (Å²) < 4.78 is 0. The molecule has 3 rings (SSSR count). The molecule has 140 valence electrons. The largest absolute Gasteiger partial charge is 0.505 e. The Morgan fingerprint density at radius 3 is 2.48 bits per heavy atom. The van der Waals surface area contributed by atoms with Gasteiger partial charge in [0.1, 0.15) is 11.3 Å². The number of para-hydroxylation sites is 1. The van der Waals surface area contributed by atoms with Gasteiger partial charge in [0, 0.05) is 0 Å². The van der Waals surface area contributed by atoms with Gasteiger partial charge in [-0.15, -0.1) is 0 Å². The maximum absolute atomic E-state index is 12.1. The van der Waals surface area contributed by atoms with Crippen molar-refractivity contribution in [3.63, 3.8) is 0 Å². The summed E-state index contributed by atoms with van der Waals surface area (Å²) >= 11 is 0. The standard InChI is InChI=1S/C20H20N2O5/c1-2-13(11-7-4-3-5-8-11)21-15-16(19(25)18(15)24)22-14-10-6-9-12(17(14)23)20(26)27/h3-10,13,19,21-23,25H,2H2,1H3,(H,26,27)/t13-,19?/m1/s1. The lowest BCUT2D eigenvalue weighted by atomic mass is 9.92. The van der Waals surface area contributed by atoms with Crippen LogP contribution in [-0.2, 0) is 4.79 Å². The van der Waals surface area contributed by atoms with E-state index >= 15 is 0 Å². The van der Waals surface area contributed by atoms with Crippen molar-refractivity contribution in [2.24, 2.45) is 0 Å². The minimum absolute atomic E-state index is 0.100. The van der Waals surface area contributed by atoms with E-state index in [1.54, 1.807) is 0 Å². The van der Waals surface area contributed by atoms with Gasteiger partial charge in [-0.3, -0.25) is 4.79 Å². The molecule has 0 heterocycles. The van der Waals surface area contributed by atoms with Crippen molar-refractivity contribution in [1.82, 2.24) is 5.32 Å². The van der Waals surface area contributed by atoms with Crippen LogP contribution in [0.25, 0.3) is 0 Å². The van der Waals surface area contributed by atoms with Crippen LogP contribution >= 0.6 is 0 Å². The Labute approximate surface area is 156 Å². The minimum Gasteiger partial charge on any atom is -0.505 e. The second-order valence-electron chi connectivity index (χ2n) is 6.20. The molecule has 0 spiro atoms. The molecule has 0 fully saturated rings. The average Bonchev–Trinajstić information content (AvgIpc) is 2.68. The maximum atomic E-state index is 12.1. The number of carboxylic acids is 1. The number of rotatable bonds is 7. The van der Waals surface area contributed by atoms with E-state index in [0.717, 1.165) is 5.56 Å². The molecule has 7 nitrogen and oxygen atoms in total. The lowest BCUT2D eigenvalue weighted by Crippen LogP contribution is -2.46. The number of aromatic hydroxyl groups is 1. The first-order valence-electron chi connectivity index (χ1n) is 8.54. The third-order valence-electron chi connectivity index (χ3n) is 4.50. The number of carbonyl (C=O) groups is 2. The molecule has 2 atom stereocenters. The zero-order chi connectivity index (χ0) is 19.6. The Bertz CT molecular complexity index is 908. The summed E-state index contributed by atoms with van der Waals surface area (Å²) in [5, 5.41) is 35.2. The highest BCUT2D eigenvalue weighted by Crippen LogP contribution is 2.33. The van der Waals surface area contributed by atoms with Gasteiger partial charge in [-0.1, -0.05) is 43.3 Å². The first kappa shape index (κ1) is 18.5. The molecule has 1 aliphatic rings. The van der Waals surface area contributed by atoms with Crippen molar-refractivity contribution in [2.75, 3.05) is 5.32 Å². The molecule has 2 aromatic carbocycles. The molecule has 0 saturated carbocycles. The molecular weight excluding hydrogens is 348 g/mol. The second kappa shape index (κ2) is 7.51. The zero-order valence-corrected chi connectivity index (χ0v) is 14.6. The van der Waals surface area contributed by atoms with Crippen LogP contribution in [0, 0.1) is 0 Å². The molecule has 0 amide bonds. The van der Waals surface area contributed by atoms with Crippen LogP contribution in [0.1, 0.15) is 35.3 Å². The van der Waals surface area contributed by atoms with Crippen molar-refractivity contribution < 1.29 is 24.9 Å². The van der Waals surface area contributed by atoms with Crippen LogP contribution in [0.3, 0.4) is 0 Å². The van der Waals surface area contributed by atoms with Crippen molar-refractivity contribution in [3.8, 4) is 5.75 Å². The topological polar surface area (TPSA) is 119 Å². The molecule has 1 aliphatic carbocycles. The second-order valence-corrected chi connectivity index (χ2v) is 6.20. The lowest BCUT2D eigenvalue weighted by Gasteiger charge is -2.32. The summed E-state index contributed by atoms with van der Waals surface area (Å²) in [4.78, 5) is 23.3. The number of ketones is 1. The third kappa shape index (κ3) is 3.50. The summed E-state index contributed by atoms with van der Waals surface area (Å²) in [7, 11) is 0. The molecule has 0 bridgehead atoms. The van der Waals surface area contributed by atoms with Gasteiger partial charge in [0.25, 0.3) is 0 Å². The number of benzene rings is 2. The SMILES string of the molecule is CC[C@@H](NC1=C(Nc2cccc(C(=O)O)c2O)C(O)C1=O)c1ccccc1. The number of hydrogen-bond acceptors (Lipinski definition) is 6. The number of Topliss-reactive ketones (excluding diaryl/α,β-unsaturated/α-hetero) is 1. The van der Waals surface area contributed by atoms with Crippen LogP contribution in [0.4, 0.5) is 5.69 Å². The number of carbonyl (C=O) groups excluding carboxylic acids is 1. The first-order valence-corrected chi connectivity index (χ1v) is 8.54. The van der Waals surface area contributed by atoms with Gasteiger partial charge in [0.05, 0.1) is 17.4 Å². The number of aromatic carboxylic acids is 1. The number of hydrogen-bond donors (Lipinski definition) is 5. The van der Waals surface area contributed by atoms with Crippen LogP contribution in [-0.4, -0.2) is 33.2 Å². The van der Waals surface area contributed by atoms with Crippen LogP contribution in [0.2, 0.25) is 0 Å². The van der Waals surface area contributed by atoms with Crippen LogP contribution in [0.5, 0.6) is 5.75 Å². The van der Waals surface area contributed by atoms with Crippen molar-refractivity contribution >= 4 is 17.4 Å². The van der Waals surface area contributed by atoms with E-state index in [2.05, 4.69) is 10.6 Å². The van der Waals surface area contributed by atoms with E-state index in [4.69, 9.17) is 5.11 Å². The van der Waals surface area contributed by atoms with Crippen LogP contribution in [0.15, 0.2) is 59.9 Å². The van der Waals surface area contributed by atoms with Gasteiger partial charge in [-0.2, -0.15) is 0 Å². The molecule has 5 N–H and O–H groups in total. The highest BCUT2D eigenvalue weighted by molar-refractivity contribution is 6.09. The fourth-order valence-corrected chi connectivity index (χ4v) is 2.98. The molecule has 0 radical (unpaired) electrons. The average molecular weight is 368 g/mol. The fourth-order valence-electron chi connectivity index (χ4n) is 2.98. The smallest absolute Gasteiger partial charge is 0.339 e. The van der Waals surface area contributed by atoms with E-state index in [1.807, 2.05) is 37.3 Å². The molecule has 27 heavy (non-hydrogen) atoms. The Hall–Kier alpha value is -3.32. The van der Waals surface area contributed by atoms with E-state index in [-0.39, 0.29) is 28.7 Å². The summed E-state index contributed by atoms with van der Waals surface area (Å²) in [6.45, 7) is 1.97. The predicted octanol–water partition coefficient (Wildman–Crippen LogP) is 2.40. The highest BCUT2D eigenvalue weighted by Gasteiger charge is 2.39. The van der Waals surface area contributed by atoms with Crippen molar-refractivity contribution in [3.05, 3.63) is 71.1 Å². The Kier molecular flexibility index (Phi) is 5.14. The van der Waals surface area contributed by atoms with Gasteiger partial charge in [-0.25, -0.2) is 4.79 Å². The number of nitrogens with one attached hydrogen (secondary N) is 2. The summed E-state index contributed by atoms with van der Waals surface area (Å²) in [6, 6.07) is 13.7. The predicted molar refractivity (Wildman–Crippen MR) is 99.3 cm³/mol. The Morgan fingerprint density at radius 2 is 1.85 bits per heavy atom. The van der Waals surface area contributed by atoms with Gasteiger partial charge < -0.3 is 26.0 Å². The van der Waals surface area contributed by atoms with E-state index in [1.165, 1.54) is 18.2 Å². The van der Waals surface area contributed by atoms with Gasteiger partial charge in [0.15, 0.2) is 11.9 Å². The summed E-state index contributed by atoms with van der Waals surface area (Å²) in [5.41, 5.74) is 1.25. The number of carboxylic acid groups (broad SMARTS) is 1. The van der Waals surface area contributed by atoms with Gasteiger partial charge in [-0.05, 0) is 24.1 Å². The normalized spacial score (nSPS) is 17.3. The highest BCUT2D eigenvalue weighted by atomic mass is 16.4. The number of aliphatic hydroxyl groups is 1. The Morgan fingerprint density at radius 1 is 1.15 bits per heavy atom.